The standard InChI is InChI=1S/C16H17N3O4/c17-14(20)9-11-1-3-13(4-2-11)19-15(21)5-7-18-16(22)12-6-8-23-10-12/h1-4,6,8,10H,5,7,9H2,(H2,17,20)(H,18,22)(H,19,21). The summed E-state index contributed by atoms with van der Waals surface area (Å²) in [5.41, 5.74) is 6.92. The van der Waals surface area contributed by atoms with E-state index < -0.39 is 5.91 Å². The molecule has 0 bridgehead atoms. The fourth-order valence-corrected chi connectivity index (χ4v) is 1.92. The molecule has 7 heteroatoms. The molecule has 1 aromatic heterocycles. The number of rotatable bonds is 7. The summed E-state index contributed by atoms with van der Waals surface area (Å²) in [4.78, 5) is 34.2. The Morgan fingerprint density at radius 2 is 1.83 bits per heavy atom. The van der Waals surface area contributed by atoms with Crippen molar-refractivity contribution in [2.24, 2.45) is 5.73 Å². The highest BCUT2D eigenvalue weighted by atomic mass is 16.3. The number of nitrogens with two attached hydrogens (primary N) is 1. The smallest absolute Gasteiger partial charge is 0.254 e. The van der Waals surface area contributed by atoms with Gasteiger partial charge in [0.05, 0.1) is 18.2 Å². The molecule has 0 aliphatic carbocycles. The fraction of sp³-hybridized carbons (Fsp3) is 0.188. The molecule has 1 heterocycles. The van der Waals surface area contributed by atoms with Crippen LogP contribution < -0.4 is 16.4 Å². The van der Waals surface area contributed by atoms with Crippen LogP contribution in [0.25, 0.3) is 0 Å². The average Bonchev–Trinajstić information content (AvgIpc) is 3.03. The third-order valence-corrected chi connectivity index (χ3v) is 3.04. The van der Waals surface area contributed by atoms with Crippen molar-refractivity contribution >= 4 is 23.4 Å². The first-order chi connectivity index (χ1) is 11.0. The molecule has 0 spiro atoms. The summed E-state index contributed by atoms with van der Waals surface area (Å²) in [6, 6.07) is 8.38. The van der Waals surface area contributed by atoms with Crippen molar-refractivity contribution in [3.05, 3.63) is 54.0 Å². The predicted octanol–water partition coefficient (Wildman–Crippen LogP) is 1.07. The summed E-state index contributed by atoms with van der Waals surface area (Å²) in [7, 11) is 0. The van der Waals surface area contributed by atoms with Crippen LogP contribution in [0.4, 0.5) is 5.69 Å². The summed E-state index contributed by atoms with van der Waals surface area (Å²) in [5, 5.41) is 5.33. The van der Waals surface area contributed by atoms with Gasteiger partial charge >= 0.3 is 0 Å². The van der Waals surface area contributed by atoms with E-state index in [-0.39, 0.29) is 31.2 Å². The van der Waals surface area contributed by atoms with Crippen molar-refractivity contribution in [1.29, 1.82) is 0 Å². The number of amides is 3. The molecule has 0 fully saturated rings. The second kappa shape index (κ2) is 7.79. The number of hydrogen-bond donors (Lipinski definition) is 3. The van der Waals surface area contributed by atoms with Gasteiger partial charge in [-0.25, -0.2) is 0 Å². The monoisotopic (exact) mass is 315 g/mol. The lowest BCUT2D eigenvalue weighted by molar-refractivity contribution is -0.117. The van der Waals surface area contributed by atoms with E-state index in [0.717, 1.165) is 5.56 Å². The molecule has 3 amide bonds. The third kappa shape index (κ3) is 5.31. The largest absolute Gasteiger partial charge is 0.472 e. The highest BCUT2D eigenvalue weighted by Crippen LogP contribution is 2.10. The maximum absolute atomic E-state index is 11.8. The van der Waals surface area contributed by atoms with Gasteiger partial charge in [0.15, 0.2) is 0 Å². The van der Waals surface area contributed by atoms with E-state index in [4.69, 9.17) is 10.2 Å². The summed E-state index contributed by atoms with van der Waals surface area (Å²) >= 11 is 0. The lowest BCUT2D eigenvalue weighted by Gasteiger charge is -2.07. The maximum Gasteiger partial charge on any atom is 0.254 e. The molecule has 0 aliphatic heterocycles. The molecular formula is C16H17N3O4. The second-order valence-electron chi connectivity index (χ2n) is 4.91. The minimum atomic E-state index is -0.407. The Balaban J connectivity index is 1.74. The van der Waals surface area contributed by atoms with Gasteiger partial charge in [0.1, 0.15) is 6.26 Å². The van der Waals surface area contributed by atoms with Crippen LogP contribution in [0, 0.1) is 0 Å². The molecule has 0 aliphatic rings. The molecule has 7 nitrogen and oxygen atoms in total. The number of carbonyl (C=O) groups excluding carboxylic acids is 3. The minimum absolute atomic E-state index is 0.145. The number of nitrogens with one attached hydrogen (secondary N) is 2. The van der Waals surface area contributed by atoms with E-state index in [2.05, 4.69) is 10.6 Å². The number of benzene rings is 1. The molecule has 2 aromatic rings. The number of primary amides is 1. The van der Waals surface area contributed by atoms with Crippen LogP contribution in [0.5, 0.6) is 0 Å². The first-order valence-corrected chi connectivity index (χ1v) is 7.02. The van der Waals surface area contributed by atoms with E-state index in [0.29, 0.717) is 11.3 Å². The zero-order chi connectivity index (χ0) is 16.7. The Morgan fingerprint density at radius 3 is 2.43 bits per heavy atom. The number of anilines is 1. The van der Waals surface area contributed by atoms with Crippen LogP contribution in [0.2, 0.25) is 0 Å². The van der Waals surface area contributed by atoms with Gasteiger partial charge in [-0.15, -0.1) is 0 Å². The number of carbonyl (C=O) groups is 3. The Bertz CT molecular complexity index is 678. The fourth-order valence-electron chi connectivity index (χ4n) is 1.92. The molecule has 0 saturated heterocycles. The molecular weight excluding hydrogens is 298 g/mol. The van der Waals surface area contributed by atoms with Gasteiger partial charge in [-0.1, -0.05) is 12.1 Å². The number of hydrogen-bond acceptors (Lipinski definition) is 4. The first kappa shape index (κ1) is 16.3. The first-order valence-electron chi connectivity index (χ1n) is 7.02. The van der Waals surface area contributed by atoms with E-state index in [1.165, 1.54) is 12.5 Å². The molecule has 1 aromatic carbocycles. The maximum atomic E-state index is 11.8. The van der Waals surface area contributed by atoms with E-state index in [9.17, 15) is 14.4 Å². The predicted molar refractivity (Wildman–Crippen MR) is 83.6 cm³/mol. The molecule has 4 N–H and O–H groups in total. The van der Waals surface area contributed by atoms with Gasteiger partial charge in [0, 0.05) is 18.7 Å². The Hall–Kier alpha value is -3.09. The number of furan rings is 1. The molecule has 0 atom stereocenters. The molecule has 120 valence electrons. The van der Waals surface area contributed by atoms with Crippen LogP contribution in [0.15, 0.2) is 47.3 Å². The van der Waals surface area contributed by atoms with E-state index in [1.54, 1.807) is 30.3 Å². The van der Waals surface area contributed by atoms with Crippen LogP contribution in [-0.2, 0) is 16.0 Å². The van der Waals surface area contributed by atoms with Crippen molar-refractivity contribution < 1.29 is 18.8 Å². The molecule has 0 saturated carbocycles. The van der Waals surface area contributed by atoms with Gasteiger partial charge < -0.3 is 20.8 Å². The summed E-state index contributed by atoms with van der Waals surface area (Å²) in [5.74, 6) is -0.919. The van der Waals surface area contributed by atoms with E-state index in [1.807, 2.05) is 0 Å². The normalized spacial score (nSPS) is 10.1. The zero-order valence-electron chi connectivity index (χ0n) is 12.4. The lowest BCUT2D eigenvalue weighted by Crippen LogP contribution is -2.27. The highest BCUT2D eigenvalue weighted by molar-refractivity contribution is 5.95. The second-order valence-corrected chi connectivity index (χ2v) is 4.91. The van der Waals surface area contributed by atoms with Crippen molar-refractivity contribution in [3.63, 3.8) is 0 Å². The topological polar surface area (TPSA) is 114 Å². The Kier molecular flexibility index (Phi) is 5.51. The van der Waals surface area contributed by atoms with Crippen LogP contribution >= 0.6 is 0 Å². The average molecular weight is 315 g/mol. The Morgan fingerprint density at radius 1 is 1.09 bits per heavy atom. The lowest BCUT2D eigenvalue weighted by atomic mass is 10.1. The van der Waals surface area contributed by atoms with Gasteiger partial charge in [-0.3, -0.25) is 14.4 Å². The van der Waals surface area contributed by atoms with Crippen LogP contribution in [-0.4, -0.2) is 24.3 Å². The van der Waals surface area contributed by atoms with Gasteiger partial charge in [-0.2, -0.15) is 0 Å². The minimum Gasteiger partial charge on any atom is -0.472 e. The van der Waals surface area contributed by atoms with Crippen molar-refractivity contribution in [1.82, 2.24) is 5.32 Å². The van der Waals surface area contributed by atoms with E-state index >= 15 is 0 Å². The molecule has 23 heavy (non-hydrogen) atoms. The Labute approximate surface area is 132 Å². The van der Waals surface area contributed by atoms with Gasteiger partial charge in [0.2, 0.25) is 11.8 Å². The highest BCUT2D eigenvalue weighted by Gasteiger charge is 2.08. The van der Waals surface area contributed by atoms with Crippen LogP contribution in [0.3, 0.4) is 0 Å². The third-order valence-electron chi connectivity index (χ3n) is 3.04. The molecule has 0 radical (unpaired) electrons. The van der Waals surface area contributed by atoms with Crippen molar-refractivity contribution in [2.45, 2.75) is 12.8 Å². The van der Waals surface area contributed by atoms with Gasteiger partial charge in [-0.05, 0) is 23.8 Å². The quantitative estimate of drug-likeness (QED) is 0.709. The molecule has 2 rings (SSSR count). The zero-order valence-corrected chi connectivity index (χ0v) is 12.4. The SMILES string of the molecule is NC(=O)Cc1ccc(NC(=O)CCNC(=O)c2ccoc2)cc1. The van der Waals surface area contributed by atoms with Crippen molar-refractivity contribution in [2.75, 3.05) is 11.9 Å². The van der Waals surface area contributed by atoms with Crippen LogP contribution in [0.1, 0.15) is 22.3 Å². The summed E-state index contributed by atoms with van der Waals surface area (Å²) in [6.45, 7) is 0.218. The summed E-state index contributed by atoms with van der Waals surface area (Å²) in [6.07, 6.45) is 3.05. The molecule has 0 unspecified atom stereocenters. The van der Waals surface area contributed by atoms with Crippen molar-refractivity contribution in [3.8, 4) is 0 Å². The van der Waals surface area contributed by atoms with Gasteiger partial charge in [0.25, 0.3) is 5.91 Å². The summed E-state index contributed by atoms with van der Waals surface area (Å²) < 4.78 is 4.81.